The van der Waals surface area contributed by atoms with E-state index >= 15 is 0 Å². The molecule has 17 heavy (non-hydrogen) atoms. The number of pyridine rings is 1. The number of rotatable bonds is 2. The number of anilines is 1. The van der Waals surface area contributed by atoms with Crippen LogP contribution in [-0.2, 0) is 0 Å². The van der Waals surface area contributed by atoms with Gasteiger partial charge in [-0.15, -0.1) is 0 Å². The number of hydrogen-bond donors (Lipinski definition) is 2. The molecule has 2 heterocycles. The molecule has 0 fully saturated rings. The van der Waals surface area contributed by atoms with E-state index in [-0.39, 0.29) is 0 Å². The molecule has 0 radical (unpaired) electrons. The van der Waals surface area contributed by atoms with Gasteiger partial charge < -0.3 is 15.5 Å². The standard InChI is InChI=1S/C13H11N3O/c14-11-8-15-5-4-13(11)17-10-1-2-12-9(7-10)3-6-16-12/h1-8,16H,14H2. The van der Waals surface area contributed by atoms with Crippen LogP contribution in [0.1, 0.15) is 0 Å². The number of aromatic nitrogens is 2. The highest BCUT2D eigenvalue weighted by Gasteiger charge is 2.02. The highest BCUT2D eigenvalue weighted by atomic mass is 16.5. The van der Waals surface area contributed by atoms with Gasteiger partial charge >= 0.3 is 0 Å². The number of hydrogen-bond acceptors (Lipinski definition) is 3. The van der Waals surface area contributed by atoms with Crippen molar-refractivity contribution in [2.24, 2.45) is 0 Å². The molecule has 3 aromatic rings. The molecule has 4 nitrogen and oxygen atoms in total. The Kier molecular flexibility index (Phi) is 2.19. The zero-order chi connectivity index (χ0) is 11.7. The highest BCUT2D eigenvalue weighted by Crippen LogP contribution is 2.28. The molecule has 0 unspecified atom stereocenters. The van der Waals surface area contributed by atoms with Gasteiger partial charge in [0.25, 0.3) is 0 Å². The fourth-order valence-corrected chi connectivity index (χ4v) is 1.71. The Hall–Kier alpha value is -2.49. The lowest BCUT2D eigenvalue weighted by atomic mass is 10.2. The van der Waals surface area contributed by atoms with E-state index in [4.69, 9.17) is 10.5 Å². The summed E-state index contributed by atoms with van der Waals surface area (Å²) >= 11 is 0. The van der Waals surface area contributed by atoms with Crippen LogP contribution in [0.3, 0.4) is 0 Å². The van der Waals surface area contributed by atoms with Crippen molar-refractivity contribution in [3.63, 3.8) is 0 Å². The molecule has 0 saturated carbocycles. The molecule has 0 spiro atoms. The van der Waals surface area contributed by atoms with Gasteiger partial charge in [-0.25, -0.2) is 0 Å². The molecular formula is C13H11N3O. The van der Waals surface area contributed by atoms with Crippen molar-refractivity contribution in [1.29, 1.82) is 0 Å². The summed E-state index contributed by atoms with van der Waals surface area (Å²) in [7, 11) is 0. The van der Waals surface area contributed by atoms with Crippen molar-refractivity contribution in [3.8, 4) is 11.5 Å². The smallest absolute Gasteiger partial charge is 0.153 e. The van der Waals surface area contributed by atoms with Crippen molar-refractivity contribution < 1.29 is 4.74 Å². The second-order valence-corrected chi connectivity index (χ2v) is 3.74. The highest BCUT2D eigenvalue weighted by molar-refractivity contribution is 5.80. The third kappa shape index (κ3) is 1.80. The van der Waals surface area contributed by atoms with E-state index in [0.29, 0.717) is 11.4 Å². The molecule has 0 bridgehead atoms. The van der Waals surface area contributed by atoms with Crippen LogP contribution >= 0.6 is 0 Å². The molecule has 3 N–H and O–H groups in total. The predicted octanol–water partition coefficient (Wildman–Crippen LogP) is 2.94. The van der Waals surface area contributed by atoms with Crippen molar-refractivity contribution in [2.75, 3.05) is 5.73 Å². The van der Waals surface area contributed by atoms with Crippen molar-refractivity contribution >= 4 is 16.6 Å². The number of nitrogens with two attached hydrogens (primary N) is 1. The Morgan fingerprint density at radius 1 is 1.18 bits per heavy atom. The van der Waals surface area contributed by atoms with Gasteiger partial charge in [-0.05, 0) is 24.3 Å². The first-order chi connectivity index (χ1) is 8.33. The molecule has 0 aliphatic carbocycles. The quantitative estimate of drug-likeness (QED) is 0.704. The molecule has 3 rings (SSSR count). The minimum absolute atomic E-state index is 0.529. The van der Waals surface area contributed by atoms with Crippen LogP contribution in [0.4, 0.5) is 5.69 Å². The van der Waals surface area contributed by atoms with Gasteiger partial charge in [0.05, 0.1) is 11.9 Å². The van der Waals surface area contributed by atoms with Crippen LogP contribution in [0.5, 0.6) is 11.5 Å². The average Bonchev–Trinajstić information content (AvgIpc) is 2.79. The van der Waals surface area contributed by atoms with Gasteiger partial charge in [0.1, 0.15) is 5.75 Å². The fraction of sp³-hybridized carbons (Fsp3) is 0. The predicted molar refractivity (Wildman–Crippen MR) is 67.0 cm³/mol. The lowest BCUT2D eigenvalue weighted by Crippen LogP contribution is -1.92. The number of benzene rings is 1. The van der Waals surface area contributed by atoms with Crippen LogP contribution in [-0.4, -0.2) is 9.97 Å². The lowest BCUT2D eigenvalue weighted by Gasteiger charge is -2.07. The second-order valence-electron chi connectivity index (χ2n) is 3.74. The molecule has 84 valence electrons. The normalized spacial score (nSPS) is 10.6. The van der Waals surface area contributed by atoms with Gasteiger partial charge in [0, 0.05) is 29.4 Å². The molecule has 0 saturated heterocycles. The minimum Gasteiger partial charge on any atom is -0.455 e. The fourth-order valence-electron chi connectivity index (χ4n) is 1.71. The van der Waals surface area contributed by atoms with Gasteiger partial charge in [0.15, 0.2) is 5.75 Å². The van der Waals surface area contributed by atoms with Gasteiger partial charge in [0.2, 0.25) is 0 Å². The van der Waals surface area contributed by atoms with Crippen molar-refractivity contribution in [1.82, 2.24) is 9.97 Å². The number of H-pyrrole nitrogens is 1. The van der Waals surface area contributed by atoms with Gasteiger partial charge in [-0.2, -0.15) is 0 Å². The number of fused-ring (bicyclic) bond motifs is 1. The Balaban J connectivity index is 1.97. The Morgan fingerprint density at radius 3 is 3.00 bits per heavy atom. The topological polar surface area (TPSA) is 63.9 Å². The summed E-state index contributed by atoms with van der Waals surface area (Å²) in [5.74, 6) is 1.38. The summed E-state index contributed by atoms with van der Waals surface area (Å²) in [6.45, 7) is 0. The average molecular weight is 225 g/mol. The third-order valence-corrected chi connectivity index (χ3v) is 2.56. The summed E-state index contributed by atoms with van der Waals surface area (Å²) in [4.78, 5) is 7.05. The minimum atomic E-state index is 0.529. The van der Waals surface area contributed by atoms with E-state index in [1.54, 1.807) is 18.5 Å². The van der Waals surface area contributed by atoms with Crippen LogP contribution in [0, 0.1) is 0 Å². The van der Waals surface area contributed by atoms with Gasteiger partial charge in [-0.3, -0.25) is 4.98 Å². The zero-order valence-electron chi connectivity index (χ0n) is 9.05. The first-order valence-corrected chi connectivity index (χ1v) is 5.27. The molecule has 0 aliphatic rings. The second kappa shape index (κ2) is 3.83. The summed E-state index contributed by atoms with van der Waals surface area (Å²) < 4.78 is 5.71. The molecule has 0 amide bonds. The Morgan fingerprint density at radius 2 is 2.12 bits per heavy atom. The maximum absolute atomic E-state index is 5.77. The molecule has 2 aromatic heterocycles. The molecular weight excluding hydrogens is 214 g/mol. The maximum atomic E-state index is 5.77. The summed E-state index contributed by atoms with van der Waals surface area (Å²) in [6, 6.07) is 9.58. The largest absolute Gasteiger partial charge is 0.455 e. The Labute approximate surface area is 98.1 Å². The van der Waals surface area contributed by atoms with E-state index in [9.17, 15) is 0 Å². The number of nitrogen functional groups attached to an aromatic ring is 1. The first-order valence-electron chi connectivity index (χ1n) is 5.27. The lowest BCUT2D eigenvalue weighted by molar-refractivity contribution is 0.485. The third-order valence-electron chi connectivity index (χ3n) is 2.56. The van der Waals surface area contributed by atoms with E-state index in [2.05, 4.69) is 9.97 Å². The van der Waals surface area contributed by atoms with Crippen LogP contribution in [0.2, 0.25) is 0 Å². The van der Waals surface area contributed by atoms with E-state index in [0.717, 1.165) is 16.7 Å². The van der Waals surface area contributed by atoms with Crippen LogP contribution in [0.25, 0.3) is 10.9 Å². The summed E-state index contributed by atoms with van der Waals surface area (Å²) in [5, 5.41) is 1.11. The van der Waals surface area contributed by atoms with E-state index in [1.165, 1.54) is 0 Å². The molecule has 4 heteroatoms. The molecule has 0 atom stereocenters. The number of aromatic amines is 1. The van der Waals surface area contributed by atoms with Crippen LogP contribution < -0.4 is 10.5 Å². The molecule has 0 aliphatic heterocycles. The maximum Gasteiger partial charge on any atom is 0.153 e. The number of ether oxygens (including phenoxy) is 1. The van der Waals surface area contributed by atoms with Crippen LogP contribution in [0.15, 0.2) is 48.9 Å². The van der Waals surface area contributed by atoms with Crippen molar-refractivity contribution in [3.05, 3.63) is 48.9 Å². The SMILES string of the molecule is Nc1cnccc1Oc1ccc2[nH]ccc2c1. The number of nitrogens with one attached hydrogen (secondary N) is 1. The Bertz CT molecular complexity index is 660. The summed E-state index contributed by atoms with van der Waals surface area (Å²) in [6.07, 6.45) is 5.12. The number of nitrogens with zero attached hydrogens (tertiary/aromatic N) is 1. The van der Waals surface area contributed by atoms with Gasteiger partial charge in [-0.1, -0.05) is 0 Å². The van der Waals surface area contributed by atoms with E-state index < -0.39 is 0 Å². The van der Waals surface area contributed by atoms with E-state index in [1.807, 2.05) is 30.5 Å². The van der Waals surface area contributed by atoms with Crippen molar-refractivity contribution in [2.45, 2.75) is 0 Å². The molecule has 1 aromatic carbocycles. The first kappa shape index (κ1) is 9.72. The monoisotopic (exact) mass is 225 g/mol. The zero-order valence-corrected chi connectivity index (χ0v) is 9.05. The summed E-state index contributed by atoms with van der Waals surface area (Å²) in [5.41, 5.74) is 7.38.